The van der Waals surface area contributed by atoms with Crippen LogP contribution < -0.4 is 20.7 Å². The van der Waals surface area contributed by atoms with Gasteiger partial charge in [-0.2, -0.15) is 0 Å². The normalized spacial score (nSPS) is 19.2. The number of fused-ring (bicyclic) bond motifs is 1. The maximum Gasteiger partial charge on any atom is 0.255 e. The van der Waals surface area contributed by atoms with Gasteiger partial charge in [0.05, 0.1) is 63.0 Å². The monoisotopic (exact) mass is 953 g/mol. The van der Waals surface area contributed by atoms with Crippen molar-refractivity contribution in [2.24, 2.45) is 0 Å². The Morgan fingerprint density at radius 1 is 0.955 bits per heavy atom. The molecule has 3 N–H and O–H groups in total. The van der Waals surface area contributed by atoms with E-state index in [0.29, 0.717) is 103 Å². The molecule has 1 unspecified atom stereocenters. The lowest BCUT2D eigenvalue weighted by Crippen LogP contribution is -2.52. The Morgan fingerprint density at radius 3 is 2.57 bits per heavy atom. The van der Waals surface area contributed by atoms with Crippen molar-refractivity contribution < 1.29 is 37.7 Å². The van der Waals surface area contributed by atoms with Gasteiger partial charge in [0.15, 0.2) is 16.7 Å². The summed E-state index contributed by atoms with van der Waals surface area (Å²) in [5.74, 6) is 5.75. The number of halogens is 2. The van der Waals surface area contributed by atoms with E-state index in [1.165, 1.54) is 22.3 Å². The number of hydrogen-bond acceptors (Lipinski definition) is 14. The van der Waals surface area contributed by atoms with E-state index in [1.807, 2.05) is 46.6 Å². The number of thiazole rings is 1. The number of anilines is 2. The lowest BCUT2D eigenvalue weighted by molar-refractivity contribution is -0.136. The van der Waals surface area contributed by atoms with E-state index in [0.717, 1.165) is 46.3 Å². The van der Waals surface area contributed by atoms with Gasteiger partial charge in [-0.15, -0.1) is 16.4 Å². The van der Waals surface area contributed by atoms with Crippen LogP contribution in [0.4, 0.5) is 15.3 Å². The number of piperidine rings is 1. The number of aromatic nitrogens is 5. The van der Waals surface area contributed by atoms with Crippen molar-refractivity contribution >= 4 is 51.6 Å². The molecule has 2 aromatic carbocycles. The molecule has 0 radical (unpaired) electrons. The topological polar surface area (TPSA) is 184 Å². The highest BCUT2D eigenvalue weighted by molar-refractivity contribution is 7.13. The molecule has 352 valence electrons. The third-order valence-corrected chi connectivity index (χ3v) is 13.0. The van der Waals surface area contributed by atoms with E-state index >= 15 is 0 Å². The predicted molar refractivity (Wildman–Crippen MR) is 249 cm³/mol. The van der Waals surface area contributed by atoms with Crippen molar-refractivity contribution in [3.05, 3.63) is 111 Å². The SMILES string of the molecule is O=C1CCC(N2Cc3cc(C#CCCNCCOCCOCCOCCn4cc(C5(Cc6cccc(Nc7nccs7)n6)CCC(Oc6cccc(Cl)c6F)CC5)nn4)ccc3C2=O)C(=O)N1. The molecule has 0 spiro atoms. The highest BCUT2D eigenvalue weighted by atomic mass is 35.5. The second-order valence-corrected chi connectivity index (χ2v) is 17.9. The smallest absolute Gasteiger partial charge is 0.255 e. The Kier molecular flexibility index (Phi) is 16.6. The number of rotatable bonds is 22. The van der Waals surface area contributed by atoms with Crippen LogP contribution >= 0.6 is 22.9 Å². The van der Waals surface area contributed by atoms with Gasteiger partial charge in [0.1, 0.15) is 11.9 Å². The molecule has 2 aliphatic heterocycles. The van der Waals surface area contributed by atoms with Crippen LogP contribution in [0.15, 0.2) is 72.4 Å². The summed E-state index contributed by atoms with van der Waals surface area (Å²) in [4.78, 5) is 47.5. The maximum absolute atomic E-state index is 14.7. The van der Waals surface area contributed by atoms with Crippen LogP contribution in [0.3, 0.4) is 0 Å². The average molecular weight is 955 g/mol. The Balaban J connectivity index is 0.699. The summed E-state index contributed by atoms with van der Waals surface area (Å²) < 4.78 is 39.8. The van der Waals surface area contributed by atoms with Crippen LogP contribution in [0.1, 0.15) is 77.8 Å². The molecule has 1 saturated heterocycles. The van der Waals surface area contributed by atoms with Gasteiger partial charge in [0, 0.05) is 78.9 Å². The summed E-state index contributed by atoms with van der Waals surface area (Å²) in [7, 11) is 0. The molecule has 2 fully saturated rings. The fraction of sp³-hybridized carbons (Fsp3) is 0.438. The zero-order valence-electron chi connectivity index (χ0n) is 37.0. The molecule has 3 aliphatic rings. The summed E-state index contributed by atoms with van der Waals surface area (Å²) in [6, 6.07) is 15.6. The fourth-order valence-electron chi connectivity index (χ4n) is 8.52. The Bertz CT molecular complexity index is 2540. The number of ether oxygens (including phenoxy) is 4. The zero-order chi connectivity index (χ0) is 46.4. The van der Waals surface area contributed by atoms with Crippen LogP contribution in [0.2, 0.25) is 5.02 Å². The van der Waals surface area contributed by atoms with Crippen molar-refractivity contribution in [3.63, 3.8) is 0 Å². The molecule has 19 heteroatoms. The summed E-state index contributed by atoms with van der Waals surface area (Å²) in [5, 5.41) is 20.8. The second kappa shape index (κ2) is 23.3. The van der Waals surface area contributed by atoms with Gasteiger partial charge in [-0.05, 0) is 80.1 Å². The van der Waals surface area contributed by atoms with Gasteiger partial charge in [-0.3, -0.25) is 19.7 Å². The van der Waals surface area contributed by atoms with Gasteiger partial charge < -0.3 is 34.5 Å². The lowest BCUT2D eigenvalue weighted by atomic mass is 9.68. The van der Waals surface area contributed by atoms with E-state index in [4.69, 9.17) is 35.5 Å². The molecule has 5 aromatic rings. The minimum absolute atomic E-state index is 0.0383. The molecule has 1 atom stereocenters. The third-order valence-electron chi connectivity index (χ3n) is 12.0. The standard InChI is InChI=1S/C48H53ClFN9O7S/c49-38-7-4-8-40(44(38)50)66-36-14-16-48(17-15-36,30-35-6-3-9-42(53-35)54-47-52-20-28-67-47)41-32-58(57-56-41)21-23-64-25-27-65-26-24-63-22-19-51-18-2-1-5-33-10-11-37-34(29-33)31-59(46(37)62)39-12-13-43(60)55-45(39)61/h3-4,6-11,20,28-29,32,36,39,51H,2,12-19,21-27,30-31H2,(H,52,53,54)(H,55,60,61). The van der Waals surface area contributed by atoms with Gasteiger partial charge >= 0.3 is 0 Å². The van der Waals surface area contributed by atoms with E-state index in [-0.39, 0.29) is 40.5 Å². The maximum atomic E-state index is 14.7. The van der Waals surface area contributed by atoms with E-state index in [9.17, 15) is 18.8 Å². The van der Waals surface area contributed by atoms with Crippen LogP contribution in [0.5, 0.6) is 5.75 Å². The number of amides is 3. The van der Waals surface area contributed by atoms with Crippen molar-refractivity contribution in [1.82, 2.24) is 40.5 Å². The highest BCUT2D eigenvalue weighted by Gasteiger charge is 2.41. The number of hydrogen-bond donors (Lipinski definition) is 3. The van der Waals surface area contributed by atoms with Crippen molar-refractivity contribution in [1.29, 1.82) is 0 Å². The molecule has 1 saturated carbocycles. The van der Waals surface area contributed by atoms with Crippen molar-refractivity contribution in [2.75, 3.05) is 58.0 Å². The van der Waals surface area contributed by atoms with E-state index in [1.54, 1.807) is 24.4 Å². The quantitative estimate of drug-likeness (QED) is 0.0417. The lowest BCUT2D eigenvalue weighted by Gasteiger charge is -2.38. The van der Waals surface area contributed by atoms with Crippen molar-refractivity contribution in [3.8, 4) is 17.6 Å². The summed E-state index contributed by atoms with van der Waals surface area (Å²) >= 11 is 7.53. The average Bonchev–Trinajstić information content (AvgIpc) is 4.10. The molecule has 8 rings (SSSR count). The van der Waals surface area contributed by atoms with Gasteiger partial charge in [0.25, 0.3) is 5.91 Å². The first kappa shape index (κ1) is 47.7. The minimum atomic E-state index is -0.634. The third kappa shape index (κ3) is 12.8. The van der Waals surface area contributed by atoms with Gasteiger partial charge in [0.2, 0.25) is 11.8 Å². The van der Waals surface area contributed by atoms with Crippen LogP contribution in [-0.2, 0) is 48.7 Å². The van der Waals surface area contributed by atoms with Crippen LogP contribution in [0.25, 0.3) is 0 Å². The van der Waals surface area contributed by atoms with E-state index in [2.05, 4.69) is 43.1 Å². The van der Waals surface area contributed by atoms with Crippen LogP contribution in [0, 0.1) is 17.7 Å². The number of benzene rings is 2. The Hall–Kier alpha value is -5.81. The largest absolute Gasteiger partial charge is 0.487 e. The Labute approximate surface area is 397 Å². The Morgan fingerprint density at radius 2 is 1.76 bits per heavy atom. The zero-order valence-corrected chi connectivity index (χ0v) is 38.6. The number of nitrogens with one attached hydrogen (secondary N) is 3. The molecule has 3 aromatic heterocycles. The number of carbonyl (C=O) groups excluding carboxylic acids is 3. The van der Waals surface area contributed by atoms with Gasteiger partial charge in [-0.1, -0.05) is 40.8 Å². The molecule has 3 amide bonds. The molecule has 0 bridgehead atoms. The van der Waals surface area contributed by atoms with E-state index < -0.39 is 17.8 Å². The summed E-state index contributed by atoms with van der Waals surface area (Å²) in [6.07, 6.45) is 8.30. The molecule has 67 heavy (non-hydrogen) atoms. The molecule has 5 heterocycles. The highest BCUT2D eigenvalue weighted by Crippen LogP contribution is 2.43. The number of pyridine rings is 1. The fourth-order valence-corrected chi connectivity index (χ4v) is 9.22. The number of imide groups is 1. The molecule has 1 aliphatic carbocycles. The molecule has 16 nitrogen and oxygen atoms in total. The van der Waals surface area contributed by atoms with Gasteiger partial charge in [-0.25, -0.2) is 19.0 Å². The molecular weight excluding hydrogens is 901 g/mol. The molecular formula is C48H53ClFN9O7S. The number of carbonyl (C=O) groups is 3. The minimum Gasteiger partial charge on any atom is -0.487 e. The summed E-state index contributed by atoms with van der Waals surface area (Å²) in [5.41, 5.74) is 3.65. The number of nitrogens with zero attached hydrogens (tertiary/aromatic N) is 6. The van der Waals surface area contributed by atoms with Crippen LogP contribution in [-0.4, -0.2) is 112 Å². The first-order valence-corrected chi connectivity index (χ1v) is 23.8. The summed E-state index contributed by atoms with van der Waals surface area (Å²) in [6.45, 7) is 5.03. The predicted octanol–water partition coefficient (Wildman–Crippen LogP) is 6.01. The second-order valence-electron chi connectivity index (χ2n) is 16.6. The first-order valence-electron chi connectivity index (χ1n) is 22.6. The first-order chi connectivity index (χ1) is 32.7. The van der Waals surface area contributed by atoms with Crippen molar-refractivity contribution in [2.45, 2.75) is 82.0 Å².